The number of aromatic nitrogens is 4. The third-order valence-corrected chi connectivity index (χ3v) is 5.68. The van der Waals surface area contributed by atoms with Crippen LogP contribution in [-0.4, -0.2) is 26.4 Å². The van der Waals surface area contributed by atoms with Gasteiger partial charge in [-0.15, -0.1) is 6.58 Å². The summed E-state index contributed by atoms with van der Waals surface area (Å²) in [4.78, 5) is 5.02. The monoisotopic (exact) mass is 420 g/mol. The Morgan fingerprint density at radius 2 is 1.66 bits per heavy atom. The molecule has 0 amide bonds. The van der Waals surface area contributed by atoms with Gasteiger partial charge in [-0.3, -0.25) is 0 Å². The lowest BCUT2D eigenvalue weighted by Crippen LogP contribution is -2.04. The van der Waals surface area contributed by atoms with E-state index in [-0.39, 0.29) is 6.04 Å². The third-order valence-electron chi connectivity index (χ3n) is 5.68. The summed E-state index contributed by atoms with van der Waals surface area (Å²) >= 11 is 0. The Balaban J connectivity index is 1.78. The van der Waals surface area contributed by atoms with Gasteiger partial charge in [0.05, 0.1) is 35.4 Å². The normalized spacial score (nSPS) is 12.1. The molecule has 32 heavy (non-hydrogen) atoms. The average molecular weight is 421 g/mol. The van der Waals surface area contributed by atoms with Gasteiger partial charge >= 0.3 is 0 Å². The lowest BCUT2D eigenvalue weighted by molar-refractivity contribution is 0.415. The van der Waals surface area contributed by atoms with Gasteiger partial charge < -0.3 is 9.30 Å². The van der Waals surface area contributed by atoms with Gasteiger partial charge in [-0.2, -0.15) is 5.10 Å². The summed E-state index contributed by atoms with van der Waals surface area (Å²) in [7, 11) is 1.67. The number of imidazole rings is 1. The maximum Gasteiger partial charge on any atom is 0.145 e. The minimum Gasteiger partial charge on any atom is -0.497 e. The molecule has 5 aromatic rings. The summed E-state index contributed by atoms with van der Waals surface area (Å²) < 4.78 is 9.48. The van der Waals surface area contributed by atoms with Crippen LogP contribution in [0.5, 0.6) is 5.75 Å². The second-order valence-corrected chi connectivity index (χ2v) is 7.67. The van der Waals surface area contributed by atoms with Crippen molar-refractivity contribution in [1.29, 1.82) is 0 Å². The van der Waals surface area contributed by atoms with E-state index in [1.165, 1.54) is 0 Å². The van der Waals surface area contributed by atoms with E-state index in [2.05, 4.69) is 30.3 Å². The zero-order chi connectivity index (χ0) is 22.1. The van der Waals surface area contributed by atoms with Crippen LogP contribution in [0.15, 0.2) is 97.7 Å². The molecule has 0 aliphatic rings. The molecule has 1 atom stereocenters. The first-order chi connectivity index (χ1) is 15.7. The number of hydrogen-bond donors (Lipinski definition) is 0. The summed E-state index contributed by atoms with van der Waals surface area (Å²) in [5.74, 6) is 1.68. The number of fused-ring (bicyclic) bond motifs is 1. The van der Waals surface area contributed by atoms with Crippen molar-refractivity contribution >= 4 is 11.0 Å². The fraction of sp³-hybridized carbons (Fsp3) is 0.111. The van der Waals surface area contributed by atoms with Gasteiger partial charge in [0.15, 0.2) is 0 Å². The minimum absolute atomic E-state index is 0.0705. The van der Waals surface area contributed by atoms with Crippen LogP contribution in [0.25, 0.3) is 39.4 Å². The molecule has 0 bridgehead atoms. The first kappa shape index (κ1) is 19.8. The molecular formula is C27H24N4O. The van der Waals surface area contributed by atoms with E-state index < -0.39 is 0 Å². The largest absolute Gasteiger partial charge is 0.497 e. The summed E-state index contributed by atoms with van der Waals surface area (Å²) in [6.07, 6.45) is 3.99. The van der Waals surface area contributed by atoms with Gasteiger partial charge in [-0.05, 0) is 55.5 Å². The number of para-hydroxylation sites is 3. The van der Waals surface area contributed by atoms with Crippen LogP contribution in [0, 0.1) is 0 Å². The molecule has 0 fully saturated rings. The second-order valence-electron chi connectivity index (χ2n) is 7.67. The van der Waals surface area contributed by atoms with Crippen LogP contribution in [-0.2, 0) is 0 Å². The Morgan fingerprint density at radius 1 is 0.938 bits per heavy atom. The third kappa shape index (κ3) is 3.38. The van der Waals surface area contributed by atoms with E-state index >= 15 is 0 Å². The molecule has 0 radical (unpaired) electrons. The highest BCUT2D eigenvalue weighted by molar-refractivity contribution is 5.85. The van der Waals surface area contributed by atoms with E-state index in [1.54, 1.807) is 7.11 Å². The Morgan fingerprint density at radius 3 is 2.38 bits per heavy atom. The number of benzene rings is 3. The predicted octanol–water partition coefficient (Wildman–Crippen LogP) is 6.31. The summed E-state index contributed by atoms with van der Waals surface area (Å²) in [6, 6.07) is 26.4. The van der Waals surface area contributed by atoms with Crippen molar-refractivity contribution in [3.63, 3.8) is 0 Å². The Labute approximate surface area is 187 Å². The fourth-order valence-electron chi connectivity index (χ4n) is 3.96. The molecule has 5 heteroatoms. The van der Waals surface area contributed by atoms with Crippen molar-refractivity contribution in [2.45, 2.75) is 13.0 Å². The van der Waals surface area contributed by atoms with Gasteiger partial charge in [-0.25, -0.2) is 9.67 Å². The quantitative estimate of drug-likeness (QED) is 0.302. The molecule has 2 heterocycles. The van der Waals surface area contributed by atoms with Gasteiger partial charge in [0, 0.05) is 11.8 Å². The van der Waals surface area contributed by atoms with Crippen LogP contribution in [0.3, 0.4) is 0 Å². The van der Waals surface area contributed by atoms with Gasteiger partial charge in [-0.1, -0.05) is 36.4 Å². The molecule has 2 aromatic heterocycles. The summed E-state index contributed by atoms with van der Waals surface area (Å²) in [5.41, 5.74) is 5.84. The Bertz CT molecular complexity index is 1380. The van der Waals surface area contributed by atoms with Crippen molar-refractivity contribution < 1.29 is 4.74 Å². The molecule has 3 aromatic carbocycles. The number of allylic oxidation sites excluding steroid dienone is 1. The van der Waals surface area contributed by atoms with Crippen molar-refractivity contribution in [2.75, 3.05) is 7.11 Å². The molecule has 0 spiro atoms. The van der Waals surface area contributed by atoms with Gasteiger partial charge in [0.1, 0.15) is 17.3 Å². The Kier molecular flexibility index (Phi) is 5.07. The van der Waals surface area contributed by atoms with E-state index in [1.807, 2.05) is 83.6 Å². The molecule has 5 rings (SSSR count). The predicted molar refractivity (Wildman–Crippen MR) is 129 cm³/mol. The smallest absolute Gasteiger partial charge is 0.145 e. The highest BCUT2D eigenvalue weighted by Crippen LogP contribution is 2.36. The number of methoxy groups -OCH3 is 1. The maximum atomic E-state index is 5.35. The van der Waals surface area contributed by atoms with Crippen LogP contribution >= 0.6 is 0 Å². The molecular weight excluding hydrogens is 396 g/mol. The molecule has 0 aliphatic carbocycles. The Hall–Kier alpha value is -4.12. The maximum absolute atomic E-state index is 5.35. The lowest BCUT2D eigenvalue weighted by Gasteiger charge is -2.14. The molecule has 0 saturated carbocycles. The van der Waals surface area contributed by atoms with Gasteiger partial charge in [0.25, 0.3) is 0 Å². The molecule has 0 saturated heterocycles. The first-order valence-electron chi connectivity index (χ1n) is 10.6. The van der Waals surface area contributed by atoms with Crippen molar-refractivity contribution in [3.8, 4) is 34.1 Å². The minimum atomic E-state index is 0.0705. The van der Waals surface area contributed by atoms with Gasteiger partial charge in [0.2, 0.25) is 0 Å². The standard InChI is InChI=1S/C27H24N4O/c1-4-19(2)31-25-13-9-8-12-24(25)28-27(31)23-18-30(21-10-6-5-7-11-21)29-26(23)20-14-16-22(32-3)17-15-20/h4-19H,1H2,2-3H3. The number of rotatable bonds is 6. The SMILES string of the molecule is C=CC(C)n1c(-c2cn(-c3ccccc3)nc2-c2ccc(OC)cc2)nc2ccccc21. The van der Waals surface area contributed by atoms with Crippen LogP contribution < -0.4 is 4.74 Å². The van der Waals surface area contributed by atoms with Crippen molar-refractivity contribution in [2.24, 2.45) is 0 Å². The molecule has 1 unspecified atom stereocenters. The van der Waals surface area contributed by atoms with E-state index in [0.717, 1.165) is 45.1 Å². The van der Waals surface area contributed by atoms with E-state index in [4.69, 9.17) is 14.8 Å². The highest BCUT2D eigenvalue weighted by Gasteiger charge is 2.22. The van der Waals surface area contributed by atoms with E-state index in [0.29, 0.717) is 0 Å². The first-order valence-corrected chi connectivity index (χ1v) is 10.6. The topological polar surface area (TPSA) is 44.9 Å². The molecule has 158 valence electrons. The van der Waals surface area contributed by atoms with E-state index in [9.17, 15) is 0 Å². The molecule has 5 nitrogen and oxygen atoms in total. The highest BCUT2D eigenvalue weighted by atomic mass is 16.5. The van der Waals surface area contributed by atoms with Crippen LogP contribution in [0.2, 0.25) is 0 Å². The average Bonchev–Trinajstić information content (AvgIpc) is 3.46. The summed E-state index contributed by atoms with van der Waals surface area (Å²) in [5, 5.41) is 4.98. The molecule has 0 aliphatic heterocycles. The zero-order valence-electron chi connectivity index (χ0n) is 18.1. The van der Waals surface area contributed by atoms with Crippen molar-refractivity contribution in [1.82, 2.24) is 19.3 Å². The molecule has 0 N–H and O–H groups in total. The number of ether oxygens (including phenoxy) is 1. The number of nitrogens with zero attached hydrogens (tertiary/aromatic N) is 4. The summed E-state index contributed by atoms with van der Waals surface area (Å²) in [6.45, 7) is 6.15. The van der Waals surface area contributed by atoms with Crippen LogP contribution in [0.1, 0.15) is 13.0 Å². The van der Waals surface area contributed by atoms with Crippen LogP contribution in [0.4, 0.5) is 0 Å². The number of hydrogen-bond acceptors (Lipinski definition) is 3. The lowest BCUT2D eigenvalue weighted by atomic mass is 10.1. The fourth-order valence-corrected chi connectivity index (χ4v) is 3.96. The second kappa shape index (κ2) is 8.19. The van der Waals surface area contributed by atoms with Crippen molar-refractivity contribution in [3.05, 3.63) is 97.7 Å². The zero-order valence-corrected chi connectivity index (χ0v) is 18.1.